The molecule has 8 nitrogen and oxygen atoms in total. The van der Waals surface area contributed by atoms with E-state index in [1.54, 1.807) is 0 Å². The van der Waals surface area contributed by atoms with Crippen molar-refractivity contribution in [3.05, 3.63) is 0 Å². The summed E-state index contributed by atoms with van der Waals surface area (Å²) in [5, 5.41) is 0. The van der Waals surface area contributed by atoms with Crippen LogP contribution in [0, 0.1) is 5.41 Å². The Labute approximate surface area is 229 Å². The Bertz CT molecular complexity index is 561. The van der Waals surface area contributed by atoms with Crippen molar-refractivity contribution in [2.45, 2.75) is 131 Å². The molecule has 222 valence electrons. The van der Waals surface area contributed by atoms with E-state index in [0.29, 0.717) is 46.2 Å². The van der Waals surface area contributed by atoms with Crippen molar-refractivity contribution in [1.82, 2.24) is 0 Å². The lowest BCUT2D eigenvalue weighted by Crippen LogP contribution is -2.39. The smallest absolute Gasteiger partial charge is 0.142 e. The number of ether oxygens (including phenoxy) is 7. The van der Waals surface area contributed by atoms with Crippen LogP contribution in [0.5, 0.6) is 0 Å². The van der Waals surface area contributed by atoms with E-state index in [9.17, 15) is 0 Å². The van der Waals surface area contributed by atoms with Crippen molar-refractivity contribution in [3.8, 4) is 0 Å². The van der Waals surface area contributed by atoms with Crippen LogP contribution in [0.15, 0.2) is 0 Å². The topological polar surface area (TPSA) is 90.6 Å². The molecule has 8 atom stereocenters. The summed E-state index contributed by atoms with van der Waals surface area (Å²) in [7, 11) is 2.14. The number of rotatable bonds is 22. The molecule has 0 saturated carbocycles. The van der Waals surface area contributed by atoms with Crippen molar-refractivity contribution < 1.29 is 33.2 Å². The van der Waals surface area contributed by atoms with Gasteiger partial charge in [-0.25, -0.2) is 0 Å². The molecule has 0 aliphatic carbocycles. The van der Waals surface area contributed by atoms with Crippen LogP contribution in [0.2, 0.25) is 0 Å². The van der Waals surface area contributed by atoms with E-state index in [2.05, 4.69) is 42.5 Å². The lowest BCUT2D eigenvalue weighted by atomic mass is 9.71. The van der Waals surface area contributed by atoms with Crippen LogP contribution < -0.4 is 5.73 Å². The minimum atomic E-state index is -0.186. The fourth-order valence-corrected chi connectivity index (χ4v) is 4.00. The van der Waals surface area contributed by atoms with Gasteiger partial charge in [-0.05, 0) is 67.2 Å². The quantitative estimate of drug-likeness (QED) is 0.211. The van der Waals surface area contributed by atoms with Crippen LogP contribution in [-0.2, 0) is 33.2 Å². The van der Waals surface area contributed by atoms with Gasteiger partial charge in [0.1, 0.15) is 7.85 Å². The highest BCUT2D eigenvalue weighted by molar-refractivity contribution is 6.14. The minimum absolute atomic E-state index is 0.00542. The maximum Gasteiger partial charge on any atom is 0.142 e. The molecule has 2 N–H and O–H groups in total. The van der Waals surface area contributed by atoms with Crippen LogP contribution in [-0.4, -0.2) is 102 Å². The highest BCUT2D eigenvalue weighted by Crippen LogP contribution is 2.28. The molecule has 0 bridgehead atoms. The second-order valence-electron chi connectivity index (χ2n) is 12.5. The first-order valence-electron chi connectivity index (χ1n) is 14.1. The summed E-state index contributed by atoms with van der Waals surface area (Å²) in [5.74, 6) is 0. The lowest BCUT2D eigenvalue weighted by molar-refractivity contribution is -0.114. The van der Waals surface area contributed by atoms with Gasteiger partial charge in [0, 0.05) is 12.0 Å². The van der Waals surface area contributed by atoms with Crippen LogP contribution >= 0.6 is 0 Å². The minimum Gasteiger partial charge on any atom is -0.379 e. The maximum absolute atomic E-state index is 6.23. The summed E-state index contributed by atoms with van der Waals surface area (Å²) in [6.07, 6.45) is 0.914. The van der Waals surface area contributed by atoms with Crippen molar-refractivity contribution in [2.75, 3.05) is 46.2 Å². The van der Waals surface area contributed by atoms with Gasteiger partial charge in [-0.15, -0.1) is 0 Å². The highest BCUT2D eigenvalue weighted by atomic mass is 16.6. The maximum atomic E-state index is 6.23. The van der Waals surface area contributed by atoms with E-state index in [1.807, 2.05) is 41.5 Å². The molecular weight excluding hydrogens is 473 g/mol. The van der Waals surface area contributed by atoms with Gasteiger partial charge in [-0.2, -0.15) is 0 Å². The second kappa shape index (κ2) is 18.9. The van der Waals surface area contributed by atoms with Gasteiger partial charge in [0.15, 0.2) is 0 Å². The van der Waals surface area contributed by atoms with Gasteiger partial charge < -0.3 is 38.9 Å². The molecule has 0 spiro atoms. The molecule has 0 aromatic carbocycles. The van der Waals surface area contributed by atoms with Crippen molar-refractivity contribution >= 4 is 7.85 Å². The van der Waals surface area contributed by atoms with E-state index in [1.165, 1.54) is 0 Å². The van der Waals surface area contributed by atoms with Gasteiger partial charge in [-0.1, -0.05) is 20.8 Å². The fraction of sp³-hybridized carbons (Fsp3) is 1.00. The van der Waals surface area contributed by atoms with Crippen LogP contribution in [0.1, 0.15) is 82.6 Å². The Morgan fingerprint density at radius 3 is 1.05 bits per heavy atom. The predicted molar refractivity (Wildman–Crippen MR) is 153 cm³/mol. The average Bonchev–Trinajstić information content (AvgIpc) is 2.78. The Kier molecular flexibility index (Phi) is 18.8. The summed E-state index contributed by atoms with van der Waals surface area (Å²) in [5.41, 5.74) is 5.59. The first-order chi connectivity index (χ1) is 17.0. The Balaban J connectivity index is 3.98. The molecule has 0 fully saturated rings. The van der Waals surface area contributed by atoms with E-state index in [4.69, 9.17) is 38.9 Å². The molecule has 0 aromatic rings. The Hall–Kier alpha value is -0.255. The van der Waals surface area contributed by atoms with Crippen molar-refractivity contribution in [1.29, 1.82) is 0 Å². The summed E-state index contributed by atoms with van der Waals surface area (Å²) in [4.78, 5) is 0. The number of nitrogens with two attached hydrogens (primary N) is 1. The monoisotopic (exact) mass is 533 g/mol. The zero-order chi connectivity index (χ0) is 28.6. The third-order valence-electron chi connectivity index (χ3n) is 5.50. The molecular formula is C28H60BNO7. The van der Waals surface area contributed by atoms with E-state index >= 15 is 0 Å². The van der Waals surface area contributed by atoms with Crippen LogP contribution in [0.25, 0.3) is 0 Å². The molecule has 0 aliphatic heterocycles. The van der Waals surface area contributed by atoms with Gasteiger partial charge in [0.05, 0.1) is 82.4 Å². The molecule has 0 heterocycles. The highest BCUT2D eigenvalue weighted by Gasteiger charge is 2.28. The Morgan fingerprint density at radius 2 is 0.784 bits per heavy atom. The van der Waals surface area contributed by atoms with Gasteiger partial charge >= 0.3 is 0 Å². The largest absolute Gasteiger partial charge is 0.379 e. The Morgan fingerprint density at radius 1 is 0.514 bits per heavy atom. The second-order valence-corrected chi connectivity index (χ2v) is 12.5. The molecule has 0 aromatic heterocycles. The molecule has 37 heavy (non-hydrogen) atoms. The number of hydrogen-bond donors (Lipinski definition) is 1. The zero-order valence-corrected chi connectivity index (χ0v) is 26.1. The third-order valence-corrected chi connectivity index (χ3v) is 5.50. The van der Waals surface area contributed by atoms with Gasteiger partial charge in [0.2, 0.25) is 0 Å². The van der Waals surface area contributed by atoms with Crippen molar-refractivity contribution in [3.63, 3.8) is 0 Å². The van der Waals surface area contributed by atoms with E-state index in [0.717, 1.165) is 6.42 Å². The van der Waals surface area contributed by atoms with E-state index < -0.39 is 0 Å². The molecule has 9 heteroatoms. The molecule has 0 rings (SSSR count). The molecule has 0 radical (unpaired) electrons. The standard InChI is InChI=1S/C28H60BNO7/c1-20(12-30)31-13-21(2)32-14-22(3)33-15-23(4)34-16-24(5)35-17-25(6)36-18-26(7)37-28(11,29)19-27(8,9)10/h20-26H,12-19,29-30H2,1-11H3. The predicted octanol–water partition coefficient (Wildman–Crippen LogP) is 3.57. The zero-order valence-electron chi connectivity index (χ0n) is 26.1. The SMILES string of the molecule is BC(C)(CC(C)(C)C)OC(C)COC(C)COC(C)COC(C)COC(C)COC(C)COC(C)CN. The summed E-state index contributed by atoms with van der Waals surface area (Å²) in [6, 6.07) is 0. The molecule has 0 amide bonds. The molecule has 8 unspecified atom stereocenters. The van der Waals surface area contributed by atoms with Crippen LogP contribution in [0.3, 0.4) is 0 Å². The summed E-state index contributed by atoms with van der Waals surface area (Å²) in [6.45, 7) is 26.4. The first kappa shape index (κ1) is 36.7. The van der Waals surface area contributed by atoms with Crippen LogP contribution in [0.4, 0.5) is 0 Å². The molecule has 0 aliphatic rings. The fourth-order valence-electron chi connectivity index (χ4n) is 4.00. The molecule has 0 saturated heterocycles. The van der Waals surface area contributed by atoms with Gasteiger partial charge in [0.25, 0.3) is 0 Å². The van der Waals surface area contributed by atoms with Crippen molar-refractivity contribution in [2.24, 2.45) is 11.1 Å². The average molecular weight is 534 g/mol. The normalized spacial score (nSPS) is 20.0. The lowest BCUT2D eigenvalue weighted by Gasteiger charge is -2.35. The summed E-state index contributed by atoms with van der Waals surface area (Å²) < 4.78 is 41.2. The number of hydrogen-bond acceptors (Lipinski definition) is 8. The first-order valence-corrected chi connectivity index (χ1v) is 14.1. The van der Waals surface area contributed by atoms with E-state index in [-0.39, 0.29) is 53.6 Å². The third kappa shape index (κ3) is 22.3. The van der Waals surface area contributed by atoms with Gasteiger partial charge in [-0.3, -0.25) is 0 Å². The summed E-state index contributed by atoms with van der Waals surface area (Å²) >= 11 is 0.